The molecular formula is C12H16ClN3S2. The molecule has 0 saturated heterocycles. The quantitative estimate of drug-likeness (QED) is 0.861. The van der Waals surface area contributed by atoms with Gasteiger partial charge in [-0.1, -0.05) is 36.8 Å². The highest BCUT2D eigenvalue weighted by Crippen LogP contribution is 2.36. The first-order valence-corrected chi connectivity index (χ1v) is 8.13. The Hall–Kier alpha value is -0.490. The monoisotopic (exact) mass is 301 g/mol. The normalized spacial score (nSPS) is 12.8. The number of thiophene rings is 1. The highest BCUT2D eigenvalue weighted by molar-refractivity contribution is 7.21. The van der Waals surface area contributed by atoms with Gasteiger partial charge in [0.25, 0.3) is 0 Å². The average Bonchev–Trinajstić information content (AvgIpc) is 2.99. The summed E-state index contributed by atoms with van der Waals surface area (Å²) in [6.45, 7) is 5.33. The van der Waals surface area contributed by atoms with Crippen LogP contribution in [0.2, 0.25) is 5.02 Å². The zero-order valence-electron chi connectivity index (χ0n) is 10.4. The van der Waals surface area contributed by atoms with Crippen molar-refractivity contribution >= 4 is 34.3 Å². The molecule has 0 spiro atoms. The lowest BCUT2D eigenvalue weighted by atomic mass is 10.2. The predicted octanol–water partition coefficient (Wildman–Crippen LogP) is 4.37. The van der Waals surface area contributed by atoms with Crippen LogP contribution in [0, 0.1) is 0 Å². The number of nitrogens with one attached hydrogen (secondary N) is 1. The molecule has 0 aliphatic carbocycles. The Bertz CT molecular complexity index is 495. The van der Waals surface area contributed by atoms with Gasteiger partial charge in [0.1, 0.15) is 5.01 Å². The van der Waals surface area contributed by atoms with Crippen LogP contribution in [0.3, 0.4) is 0 Å². The maximum Gasteiger partial charge on any atom is 0.159 e. The molecule has 2 aromatic rings. The van der Waals surface area contributed by atoms with Crippen LogP contribution in [0.5, 0.6) is 0 Å². The van der Waals surface area contributed by atoms with Crippen molar-refractivity contribution < 1.29 is 0 Å². The van der Waals surface area contributed by atoms with Gasteiger partial charge in [-0.05, 0) is 30.8 Å². The molecule has 3 nitrogen and oxygen atoms in total. The second-order valence-corrected chi connectivity index (χ2v) is 6.29. The van der Waals surface area contributed by atoms with Crippen LogP contribution in [0.25, 0.3) is 9.88 Å². The van der Waals surface area contributed by atoms with E-state index in [1.54, 1.807) is 22.7 Å². The van der Waals surface area contributed by atoms with E-state index in [9.17, 15) is 0 Å². The van der Waals surface area contributed by atoms with E-state index in [1.807, 2.05) is 11.4 Å². The Morgan fingerprint density at radius 2 is 2.22 bits per heavy atom. The second kappa shape index (κ2) is 6.61. The third kappa shape index (κ3) is 3.09. The van der Waals surface area contributed by atoms with Crippen LogP contribution in [0.15, 0.2) is 11.4 Å². The first-order chi connectivity index (χ1) is 8.76. The number of aromatic nitrogens is 2. The molecule has 2 rings (SSSR count). The molecule has 1 N–H and O–H groups in total. The molecule has 0 aromatic carbocycles. The van der Waals surface area contributed by atoms with Crippen molar-refractivity contribution in [2.24, 2.45) is 0 Å². The van der Waals surface area contributed by atoms with Gasteiger partial charge in [-0.2, -0.15) is 0 Å². The summed E-state index contributed by atoms with van der Waals surface area (Å²) in [5, 5.41) is 16.7. The van der Waals surface area contributed by atoms with E-state index in [0.717, 1.165) is 39.3 Å². The summed E-state index contributed by atoms with van der Waals surface area (Å²) >= 11 is 9.35. The zero-order chi connectivity index (χ0) is 13.0. The molecule has 2 aromatic heterocycles. The standard InChI is InChI=1S/C12H16ClN3S2/c1-3-6-14-9(4-2)11-15-16-12(18-11)10-8(13)5-7-17-10/h5,7,9,14H,3-4,6H2,1-2H3. The maximum atomic E-state index is 6.11. The average molecular weight is 302 g/mol. The molecule has 0 saturated carbocycles. The first-order valence-electron chi connectivity index (χ1n) is 6.06. The van der Waals surface area contributed by atoms with Crippen LogP contribution in [-0.4, -0.2) is 16.7 Å². The molecule has 98 valence electrons. The Labute approximate surface area is 120 Å². The van der Waals surface area contributed by atoms with Gasteiger partial charge in [-0.25, -0.2) is 0 Å². The Morgan fingerprint density at radius 1 is 1.39 bits per heavy atom. The molecule has 0 aliphatic rings. The van der Waals surface area contributed by atoms with Gasteiger partial charge in [0.15, 0.2) is 5.01 Å². The van der Waals surface area contributed by atoms with Crippen molar-refractivity contribution in [1.29, 1.82) is 0 Å². The van der Waals surface area contributed by atoms with E-state index in [0.29, 0.717) is 6.04 Å². The lowest BCUT2D eigenvalue weighted by Crippen LogP contribution is -2.21. The highest BCUT2D eigenvalue weighted by Gasteiger charge is 2.16. The van der Waals surface area contributed by atoms with Gasteiger partial charge in [-0.3, -0.25) is 0 Å². The van der Waals surface area contributed by atoms with E-state index in [-0.39, 0.29) is 0 Å². The largest absolute Gasteiger partial charge is 0.308 e. The summed E-state index contributed by atoms with van der Waals surface area (Å²) in [6, 6.07) is 2.20. The summed E-state index contributed by atoms with van der Waals surface area (Å²) in [5.41, 5.74) is 0. The van der Waals surface area contributed by atoms with Gasteiger partial charge in [0.05, 0.1) is 15.9 Å². The molecule has 2 heterocycles. The summed E-state index contributed by atoms with van der Waals surface area (Å²) in [4.78, 5) is 1.02. The summed E-state index contributed by atoms with van der Waals surface area (Å²) in [5.74, 6) is 0. The third-order valence-corrected chi connectivity index (χ3v) is 5.13. The SMILES string of the molecule is CCCNC(CC)c1nnc(-c2sccc2Cl)s1. The Morgan fingerprint density at radius 3 is 2.83 bits per heavy atom. The van der Waals surface area contributed by atoms with E-state index >= 15 is 0 Å². The van der Waals surface area contributed by atoms with Gasteiger partial charge in [-0.15, -0.1) is 21.5 Å². The topological polar surface area (TPSA) is 37.8 Å². The third-order valence-electron chi connectivity index (χ3n) is 2.60. The Kier molecular flexibility index (Phi) is 5.12. The number of hydrogen-bond donors (Lipinski definition) is 1. The molecule has 18 heavy (non-hydrogen) atoms. The van der Waals surface area contributed by atoms with Crippen molar-refractivity contribution in [2.45, 2.75) is 32.7 Å². The van der Waals surface area contributed by atoms with Crippen molar-refractivity contribution in [3.05, 3.63) is 21.5 Å². The molecule has 0 aliphatic heterocycles. The number of rotatable bonds is 6. The summed E-state index contributed by atoms with van der Waals surface area (Å²) in [7, 11) is 0. The molecule has 1 unspecified atom stereocenters. The highest BCUT2D eigenvalue weighted by atomic mass is 35.5. The molecule has 6 heteroatoms. The molecule has 0 fully saturated rings. The first kappa shape index (κ1) is 13.9. The van der Waals surface area contributed by atoms with Gasteiger partial charge >= 0.3 is 0 Å². The van der Waals surface area contributed by atoms with Crippen LogP contribution < -0.4 is 5.32 Å². The fourth-order valence-corrected chi connectivity index (χ4v) is 3.94. The smallest absolute Gasteiger partial charge is 0.159 e. The second-order valence-electron chi connectivity index (χ2n) is 3.96. The number of hydrogen-bond acceptors (Lipinski definition) is 5. The number of nitrogens with zero attached hydrogens (tertiary/aromatic N) is 2. The van der Waals surface area contributed by atoms with Crippen LogP contribution in [0.1, 0.15) is 37.7 Å². The molecule has 0 radical (unpaired) electrons. The Balaban J connectivity index is 2.16. The van der Waals surface area contributed by atoms with Crippen LogP contribution in [0.4, 0.5) is 0 Å². The maximum absolute atomic E-state index is 6.11. The molecular weight excluding hydrogens is 286 g/mol. The minimum absolute atomic E-state index is 0.301. The van der Waals surface area contributed by atoms with Gasteiger partial charge < -0.3 is 5.32 Å². The van der Waals surface area contributed by atoms with E-state index in [2.05, 4.69) is 29.4 Å². The number of halogens is 1. The predicted molar refractivity (Wildman–Crippen MR) is 79.6 cm³/mol. The van der Waals surface area contributed by atoms with Crippen molar-refractivity contribution in [3.63, 3.8) is 0 Å². The van der Waals surface area contributed by atoms with E-state index in [1.165, 1.54) is 0 Å². The minimum Gasteiger partial charge on any atom is -0.308 e. The zero-order valence-corrected chi connectivity index (χ0v) is 12.8. The molecule has 0 bridgehead atoms. The lowest BCUT2D eigenvalue weighted by molar-refractivity contribution is 0.513. The molecule has 1 atom stereocenters. The van der Waals surface area contributed by atoms with Gasteiger partial charge in [0.2, 0.25) is 0 Å². The fraction of sp³-hybridized carbons (Fsp3) is 0.500. The fourth-order valence-electron chi connectivity index (χ4n) is 1.64. The van der Waals surface area contributed by atoms with E-state index in [4.69, 9.17) is 11.6 Å². The minimum atomic E-state index is 0.301. The lowest BCUT2D eigenvalue weighted by Gasteiger charge is -2.12. The van der Waals surface area contributed by atoms with Crippen molar-refractivity contribution in [1.82, 2.24) is 15.5 Å². The summed E-state index contributed by atoms with van der Waals surface area (Å²) < 4.78 is 0. The van der Waals surface area contributed by atoms with Crippen LogP contribution >= 0.6 is 34.3 Å². The van der Waals surface area contributed by atoms with Crippen LogP contribution in [-0.2, 0) is 0 Å². The van der Waals surface area contributed by atoms with Gasteiger partial charge in [0, 0.05) is 0 Å². The van der Waals surface area contributed by atoms with Crippen molar-refractivity contribution in [2.75, 3.05) is 6.54 Å². The molecule has 0 amide bonds. The summed E-state index contributed by atoms with van der Waals surface area (Å²) in [6.07, 6.45) is 2.14. The van der Waals surface area contributed by atoms with E-state index < -0.39 is 0 Å². The van der Waals surface area contributed by atoms with Crippen molar-refractivity contribution in [3.8, 4) is 9.88 Å².